The molecule has 0 aliphatic rings. The number of carbonyl (C=O) groups excluding carboxylic acids is 1. The third kappa shape index (κ3) is 3.15. The molecule has 0 unspecified atom stereocenters. The Balaban J connectivity index is 2.00. The maximum absolute atomic E-state index is 11.7. The Morgan fingerprint density at radius 2 is 2.04 bits per heavy atom. The molecule has 2 aromatic carbocycles. The minimum absolute atomic E-state index is 0.254. The molecule has 3 aromatic rings. The van der Waals surface area contributed by atoms with Gasteiger partial charge in [-0.1, -0.05) is 12.1 Å². The van der Waals surface area contributed by atoms with Gasteiger partial charge in [-0.2, -0.15) is 0 Å². The van der Waals surface area contributed by atoms with E-state index < -0.39 is 15.7 Å². The zero-order valence-electron chi connectivity index (χ0n) is 12.8. The van der Waals surface area contributed by atoms with Crippen molar-refractivity contribution in [1.82, 2.24) is 15.0 Å². The van der Waals surface area contributed by atoms with Crippen LogP contribution in [-0.4, -0.2) is 35.3 Å². The van der Waals surface area contributed by atoms with E-state index in [1.807, 2.05) is 10.6 Å². The second-order valence-electron chi connectivity index (χ2n) is 5.44. The summed E-state index contributed by atoms with van der Waals surface area (Å²) in [5.74, 6) is -0.608. The second kappa shape index (κ2) is 6.06. The molecule has 0 radical (unpaired) electrons. The average molecular weight is 345 g/mol. The van der Waals surface area contributed by atoms with Crippen molar-refractivity contribution < 1.29 is 18.4 Å². The fraction of sp³-hybridized carbons (Fsp3) is 0.125. The molecule has 1 amide bonds. The van der Waals surface area contributed by atoms with Crippen molar-refractivity contribution in [3.8, 4) is 0 Å². The van der Waals surface area contributed by atoms with E-state index in [4.69, 9.17) is 5.21 Å². The van der Waals surface area contributed by atoms with E-state index in [1.54, 1.807) is 48.2 Å². The molecule has 0 saturated heterocycles. The molecule has 0 fully saturated rings. The molecule has 1 heterocycles. The molecule has 24 heavy (non-hydrogen) atoms. The minimum atomic E-state index is -3.27. The van der Waals surface area contributed by atoms with Gasteiger partial charge in [0, 0.05) is 18.4 Å². The molecule has 1 aromatic heterocycles. The average Bonchev–Trinajstić information content (AvgIpc) is 2.96. The van der Waals surface area contributed by atoms with Gasteiger partial charge in [0.2, 0.25) is 0 Å². The minimum Gasteiger partial charge on any atom is -0.326 e. The first-order chi connectivity index (χ1) is 11.4. The van der Waals surface area contributed by atoms with E-state index in [9.17, 15) is 13.2 Å². The van der Waals surface area contributed by atoms with E-state index in [-0.39, 0.29) is 4.90 Å². The maximum atomic E-state index is 11.7. The van der Waals surface area contributed by atoms with Crippen molar-refractivity contribution >= 4 is 26.8 Å². The highest BCUT2D eigenvalue weighted by Gasteiger charge is 2.11. The third-order valence-electron chi connectivity index (χ3n) is 3.66. The highest BCUT2D eigenvalue weighted by atomic mass is 32.2. The van der Waals surface area contributed by atoms with Crippen LogP contribution in [0.2, 0.25) is 0 Å². The summed E-state index contributed by atoms with van der Waals surface area (Å²) in [6.07, 6.45) is 2.79. The van der Waals surface area contributed by atoms with Gasteiger partial charge in [0.15, 0.2) is 9.84 Å². The van der Waals surface area contributed by atoms with Crippen LogP contribution in [0, 0.1) is 0 Å². The van der Waals surface area contributed by atoms with Gasteiger partial charge in [-0.05, 0) is 35.9 Å². The summed E-state index contributed by atoms with van der Waals surface area (Å²) < 4.78 is 25.1. The van der Waals surface area contributed by atoms with Crippen molar-refractivity contribution in [3.05, 3.63) is 59.9 Å². The van der Waals surface area contributed by atoms with E-state index in [0.717, 1.165) is 5.56 Å². The van der Waals surface area contributed by atoms with Gasteiger partial charge in [0.25, 0.3) is 5.91 Å². The Bertz CT molecular complexity index is 1020. The van der Waals surface area contributed by atoms with Gasteiger partial charge in [-0.15, -0.1) is 0 Å². The molecule has 124 valence electrons. The van der Waals surface area contributed by atoms with Crippen molar-refractivity contribution in [2.24, 2.45) is 0 Å². The summed E-state index contributed by atoms with van der Waals surface area (Å²) in [6, 6.07) is 11.5. The quantitative estimate of drug-likeness (QED) is 0.552. The van der Waals surface area contributed by atoms with Crippen LogP contribution >= 0.6 is 0 Å². The SMILES string of the molecule is CS(=O)(=O)c1cccc(Cn2cnc3ccc(C(=O)NO)cc32)c1. The number of hydrogen-bond donors (Lipinski definition) is 2. The number of aromatic nitrogens is 2. The summed E-state index contributed by atoms with van der Waals surface area (Å²) in [6.45, 7) is 0.407. The zero-order chi connectivity index (χ0) is 17.3. The highest BCUT2D eigenvalue weighted by molar-refractivity contribution is 7.90. The number of nitrogens with one attached hydrogen (secondary N) is 1. The molecule has 3 rings (SSSR count). The molecule has 7 nitrogen and oxygen atoms in total. The molecular formula is C16H15N3O4S. The predicted molar refractivity (Wildman–Crippen MR) is 87.6 cm³/mol. The molecule has 0 spiro atoms. The smallest absolute Gasteiger partial charge is 0.274 e. The molecule has 0 atom stereocenters. The predicted octanol–water partition coefficient (Wildman–Crippen LogP) is 1.61. The van der Waals surface area contributed by atoms with Crippen molar-refractivity contribution in [2.45, 2.75) is 11.4 Å². The number of imidazole rings is 1. The summed E-state index contributed by atoms with van der Waals surface area (Å²) in [5.41, 5.74) is 4.11. The number of fused-ring (bicyclic) bond motifs is 1. The summed E-state index contributed by atoms with van der Waals surface area (Å²) in [7, 11) is -3.27. The molecule has 8 heteroatoms. The largest absolute Gasteiger partial charge is 0.326 e. The fourth-order valence-corrected chi connectivity index (χ4v) is 3.15. The van der Waals surface area contributed by atoms with E-state index in [1.165, 1.54) is 6.26 Å². The summed E-state index contributed by atoms with van der Waals surface area (Å²) in [5, 5.41) is 8.74. The van der Waals surface area contributed by atoms with E-state index in [0.29, 0.717) is 23.1 Å². The first-order valence-corrected chi connectivity index (χ1v) is 8.96. The van der Waals surface area contributed by atoms with Gasteiger partial charge >= 0.3 is 0 Å². The number of amides is 1. The van der Waals surface area contributed by atoms with Gasteiger partial charge in [0.05, 0.1) is 22.3 Å². The van der Waals surface area contributed by atoms with Crippen LogP contribution in [0.3, 0.4) is 0 Å². The van der Waals surface area contributed by atoms with Crippen LogP contribution in [0.15, 0.2) is 53.7 Å². The van der Waals surface area contributed by atoms with Crippen LogP contribution in [0.25, 0.3) is 11.0 Å². The van der Waals surface area contributed by atoms with Crippen LogP contribution in [-0.2, 0) is 16.4 Å². The molecule has 0 saturated carbocycles. The first kappa shape index (κ1) is 16.2. The number of nitrogens with zero attached hydrogens (tertiary/aromatic N) is 2. The van der Waals surface area contributed by atoms with Gasteiger partial charge in [0.1, 0.15) is 0 Å². The summed E-state index contributed by atoms with van der Waals surface area (Å²) in [4.78, 5) is 16.1. The van der Waals surface area contributed by atoms with Crippen LogP contribution in [0.1, 0.15) is 15.9 Å². The normalized spacial score (nSPS) is 11.6. The lowest BCUT2D eigenvalue weighted by molar-refractivity contribution is 0.0706. The Morgan fingerprint density at radius 3 is 2.75 bits per heavy atom. The monoisotopic (exact) mass is 345 g/mol. The number of sulfone groups is 1. The van der Waals surface area contributed by atoms with Crippen LogP contribution < -0.4 is 5.48 Å². The Labute approximate surface area is 138 Å². The molecular weight excluding hydrogens is 330 g/mol. The Hall–Kier alpha value is -2.71. The zero-order valence-corrected chi connectivity index (χ0v) is 13.6. The molecule has 0 bridgehead atoms. The van der Waals surface area contributed by atoms with Crippen LogP contribution in [0.4, 0.5) is 0 Å². The number of rotatable bonds is 4. The van der Waals surface area contributed by atoms with Crippen molar-refractivity contribution in [2.75, 3.05) is 6.26 Å². The number of hydrogen-bond acceptors (Lipinski definition) is 5. The third-order valence-corrected chi connectivity index (χ3v) is 4.77. The van der Waals surface area contributed by atoms with E-state index >= 15 is 0 Å². The lowest BCUT2D eigenvalue weighted by atomic mass is 10.2. The fourth-order valence-electron chi connectivity index (χ4n) is 2.46. The van der Waals surface area contributed by atoms with Crippen molar-refractivity contribution in [3.63, 3.8) is 0 Å². The Morgan fingerprint density at radius 1 is 1.25 bits per heavy atom. The maximum Gasteiger partial charge on any atom is 0.274 e. The molecule has 0 aliphatic carbocycles. The lowest BCUT2D eigenvalue weighted by Gasteiger charge is -2.07. The first-order valence-electron chi connectivity index (χ1n) is 7.07. The number of hydroxylamine groups is 1. The van der Waals surface area contributed by atoms with Gasteiger partial charge < -0.3 is 4.57 Å². The molecule has 0 aliphatic heterocycles. The summed E-state index contributed by atoms with van der Waals surface area (Å²) >= 11 is 0. The molecule has 2 N–H and O–H groups in total. The van der Waals surface area contributed by atoms with E-state index in [2.05, 4.69) is 4.98 Å². The number of benzene rings is 2. The second-order valence-corrected chi connectivity index (χ2v) is 7.45. The number of carbonyl (C=O) groups is 1. The van der Waals surface area contributed by atoms with Crippen LogP contribution in [0.5, 0.6) is 0 Å². The highest BCUT2D eigenvalue weighted by Crippen LogP contribution is 2.18. The Kier molecular flexibility index (Phi) is 4.08. The van der Waals surface area contributed by atoms with Gasteiger partial charge in [-0.25, -0.2) is 18.9 Å². The van der Waals surface area contributed by atoms with Gasteiger partial charge in [-0.3, -0.25) is 10.0 Å². The standard InChI is InChI=1S/C16H15N3O4S/c1-24(22,23)13-4-2-3-11(7-13)9-19-10-17-14-6-5-12(8-15(14)19)16(20)18-21/h2-8,10,21H,9H2,1H3,(H,18,20). The lowest BCUT2D eigenvalue weighted by Crippen LogP contribution is -2.18. The topological polar surface area (TPSA) is 101 Å². The van der Waals surface area contributed by atoms with Crippen molar-refractivity contribution in [1.29, 1.82) is 0 Å².